The zero-order chi connectivity index (χ0) is 12.6. The number of carboxylic acid groups (broad SMARTS) is 1. The van der Waals surface area contributed by atoms with Crippen molar-refractivity contribution < 1.29 is 15.0 Å². The first-order valence-electron chi connectivity index (χ1n) is 4.59. The molecule has 0 aromatic carbocycles. The Balaban J connectivity index is 2.95. The lowest BCUT2D eigenvalue weighted by Crippen LogP contribution is -2.59. The molecule has 16 heavy (non-hydrogen) atoms. The molecule has 0 aromatic rings. The highest BCUT2D eigenvalue weighted by molar-refractivity contribution is 6.68. The Bertz CT molecular complexity index is 305. The van der Waals surface area contributed by atoms with Crippen LogP contribution in [-0.4, -0.2) is 43.7 Å². The van der Waals surface area contributed by atoms with E-state index in [0.29, 0.717) is 0 Å². The van der Waals surface area contributed by atoms with Crippen molar-refractivity contribution in [3.8, 4) is 0 Å². The van der Waals surface area contributed by atoms with Gasteiger partial charge in [0.2, 0.25) is 3.79 Å². The van der Waals surface area contributed by atoms with Gasteiger partial charge >= 0.3 is 6.09 Å². The van der Waals surface area contributed by atoms with Crippen LogP contribution in [0.1, 0.15) is 6.42 Å². The van der Waals surface area contributed by atoms with Crippen molar-refractivity contribution in [2.24, 2.45) is 5.92 Å². The van der Waals surface area contributed by atoms with Crippen LogP contribution in [0.4, 0.5) is 4.79 Å². The molecule has 1 amide bonds. The fourth-order valence-corrected chi connectivity index (χ4v) is 2.15. The average Bonchev–Trinajstić information content (AvgIpc) is 2.15. The number of alkyl halides is 3. The maximum Gasteiger partial charge on any atom is 0.407 e. The van der Waals surface area contributed by atoms with E-state index in [1.54, 1.807) is 6.08 Å². The van der Waals surface area contributed by atoms with Gasteiger partial charge < -0.3 is 15.1 Å². The van der Waals surface area contributed by atoms with Crippen LogP contribution in [0.2, 0.25) is 0 Å². The standard InChI is InChI=1S/C9H12Cl3NO3/c1-2-6-3-8(16,9(10,11)12)5-13(4-6)7(14)15/h2,6,16H,1,3-5H2,(H,14,15). The van der Waals surface area contributed by atoms with E-state index in [1.165, 1.54) is 0 Å². The molecular weight excluding hydrogens is 276 g/mol. The molecule has 0 bridgehead atoms. The molecule has 92 valence electrons. The van der Waals surface area contributed by atoms with Crippen molar-refractivity contribution in [1.82, 2.24) is 4.90 Å². The normalized spacial score (nSPS) is 31.2. The van der Waals surface area contributed by atoms with E-state index >= 15 is 0 Å². The molecule has 0 aromatic heterocycles. The Morgan fingerprint density at radius 3 is 2.50 bits per heavy atom. The Hall–Kier alpha value is -0.160. The van der Waals surface area contributed by atoms with Crippen molar-refractivity contribution in [3.05, 3.63) is 12.7 Å². The van der Waals surface area contributed by atoms with Gasteiger partial charge in [-0.05, 0) is 12.3 Å². The minimum atomic E-state index is -1.93. The quantitative estimate of drug-likeness (QED) is 0.575. The van der Waals surface area contributed by atoms with Gasteiger partial charge in [-0.25, -0.2) is 4.79 Å². The Labute approximate surface area is 108 Å². The molecule has 1 aliphatic rings. The number of hydrogen-bond acceptors (Lipinski definition) is 2. The predicted octanol–water partition coefficient (Wildman–Crippen LogP) is 2.27. The SMILES string of the molecule is C=CC1CN(C(=O)O)CC(O)(C(Cl)(Cl)Cl)C1. The fourth-order valence-electron chi connectivity index (χ4n) is 1.74. The first kappa shape index (κ1) is 13.9. The third-order valence-corrected chi connectivity index (χ3v) is 3.69. The fraction of sp³-hybridized carbons (Fsp3) is 0.667. The molecule has 0 saturated carbocycles. The highest BCUT2D eigenvalue weighted by atomic mass is 35.6. The summed E-state index contributed by atoms with van der Waals surface area (Å²) < 4.78 is -1.93. The number of aliphatic hydroxyl groups is 1. The number of halogens is 3. The summed E-state index contributed by atoms with van der Waals surface area (Å²) in [5.74, 6) is -0.231. The molecule has 7 heteroatoms. The van der Waals surface area contributed by atoms with E-state index in [2.05, 4.69) is 6.58 Å². The van der Waals surface area contributed by atoms with Gasteiger partial charge in [0.05, 0.1) is 6.54 Å². The molecule has 2 atom stereocenters. The third-order valence-electron chi connectivity index (χ3n) is 2.64. The van der Waals surface area contributed by atoms with E-state index in [1.807, 2.05) is 0 Å². The minimum Gasteiger partial charge on any atom is -0.465 e. The Morgan fingerprint density at radius 1 is 1.56 bits per heavy atom. The van der Waals surface area contributed by atoms with Crippen LogP contribution < -0.4 is 0 Å². The van der Waals surface area contributed by atoms with Gasteiger partial charge in [0.25, 0.3) is 0 Å². The summed E-state index contributed by atoms with van der Waals surface area (Å²) in [6, 6.07) is 0. The third kappa shape index (κ3) is 2.74. The highest BCUT2D eigenvalue weighted by Crippen LogP contribution is 2.44. The summed E-state index contributed by atoms with van der Waals surface area (Å²) in [7, 11) is 0. The molecule has 1 aliphatic heterocycles. The van der Waals surface area contributed by atoms with Gasteiger partial charge in [-0.15, -0.1) is 6.58 Å². The van der Waals surface area contributed by atoms with E-state index in [-0.39, 0.29) is 25.4 Å². The molecule has 1 saturated heterocycles. The average molecular weight is 289 g/mol. The number of hydrogen-bond donors (Lipinski definition) is 2. The maximum atomic E-state index is 10.9. The predicted molar refractivity (Wildman–Crippen MR) is 63.1 cm³/mol. The van der Waals surface area contributed by atoms with Gasteiger partial charge in [-0.3, -0.25) is 0 Å². The topological polar surface area (TPSA) is 60.8 Å². The lowest BCUT2D eigenvalue weighted by molar-refractivity contribution is -0.0351. The van der Waals surface area contributed by atoms with Gasteiger partial charge in [0.15, 0.2) is 0 Å². The second-order valence-corrected chi connectivity index (χ2v) is 6.17. The number of amides is 1. The molecule has 2 N–H and O–H groups in total. The van der Waals surface area contributed by atoms with Gasteiger partial charge in [-0.2, -0.15) is 0 Å². The van der Waals surface area contributed by atoms with Crippen LogP contribution in [0.15, 0.2) is 12.7 Å². The highest BCUT2D eigenvalue weighted by Gasteiger charge is 2.52. The molecule has 0 radical (unpaired) electrons. The largest absolute Gasteiger partial charge is 0.465 e. The molecule has 1 fully saturated rings. The first-order chi connectivity index (χ1) is 7.19. The van der Waals surface area contributed by atoms with E-state index in [9.17, 15) is 9.90 Å². The van der Waals surface area contributed by atoms with Gasteiger partial charge in [-0.1, -0.05) is 40.9 Å². The number of rotatable bonds is 1. The van der Waals surface area contributed by atoms with Crippen LogP contribution in [0.3, 0.4) is 0 Å². The lowest BCUT2D eigenvalue weighted by atomic mass is 9.86. The number of carbonyl (C=O) groups is 1. The summed E-state index contributed by atoms with van der Waals surface area (Å²) in [5, 5.41) is 19.1. The molecular formula is C9H12Cl3NO3. The second kappa shape index (κ2) is 4.61. The zero-order valence-electron chi connectivity index (χ0n) is 8.37. The number of piperidine rings is 1. The van der Waals surface area contributed by atoms with E-state index < -0.39 is 15.5 Å². The number of nitrogens with zero attached hydrogens (tertiary/aromatic N) is 1. The van der Waals surface area contributed by atoms with Crippen LogP contribution >= 0.6 is 34.8 Å². The van der Waals surface area contributed by atoms with Crippen molar-refractivity contribution >= 4 is 40.9 Å². The molecule has 1 rings (SSSR count). The molecule has 4 nitrogen and oxygen atoms in total. The monoisotopic (exact) mass is 287 g/mol. The van der Waals surface area contributed by atoms with E-state index in [4.69, 9.17) is 39.9 Å². The summed E-state index contributed by atoms with van der Waals surface area (Å²) in [4.78, 5) is 11.9. The van der Waals surface area contributed by atoms with Gasteiger partial charge in [0, 0.05) is 6.54 Å². The van der Waals surface area contributed by atoms with Crippen LogP contribution in [-0.2, 0) is 0 Å². The minimum absolute atomic E-state index is 0.177. The lowest BCUT2D eigenvalue weighted by Gasteiger charge is -2.44. The summed E-state index contributed by atoms with van der Waals surface area (Å²) in [5.41, 5.74) is -1.69. The zero-order valence-corrected chi connectivity index (χ0v) is 10.6. The van der Waals surface area contributed by atoms with Crippen molar-refractivity contribution in [1.29, 1.82) is 0 Å². The number of β-amino-alcohol motifs (C(OH)–C–C–N with tert-alkyl or cyclic N) is 1. The van der Waals surface area contributed by atoms with Gasteiger partial charge in [0.1, 0.15) is 5.60 Å². The van der Waals surface area contributed by atoms with E-state index in [0.717, 1.165) is 4.90 Å². The van der Waals surface area contributed by atoms with Crippen molar-refractivity contribution in [3.63, 3.8) is 0 Å². The molecule has 1 heterocycles. The number of likely N-dealkylation sites (tertiary alicyclic amines) is 1. The summed E-state index contributed by atoms with van der Waals surface area (Å²) >= 11 is 17.0. The second-order valence-electron chi connectivity index (χ2n) is 3.89. The Kier molecular flexibility index (Phi) is 4.00. The molecule has 2 unspecified atom stereocenters. The first-order valence-corrected chi connectivity index (χ1v) is 5.72. The molecule has 0 aliphatic carbocycles. The summed E-state index contributed by atoms with van der Waals surface area (Å²) in [6.45, 7) is 3.60. The molecule has 0 spiro atoms. The van der Waals surface area contributed by atoms with Crippen LogP contribution in [0.25, 0.3) is 0 Å². The summed E-state index contributed by atoms with van der Waals surface area (Å²) in [6.07, 6.45) is 0.576. The Morgan fingerprint density at radius 2 is 2.12 bits per heavy atom. The van der Waals surface area contributed by atoms with Crippen LogP contribution in [0, 0.1) is 5.92 Å². The van der Waals surface area contributed by atoms with Crippen molar-refractivity contribution in [2.75, 3.05) is 13.1 Å². The maximum absolute atomic E-state index is 10.9. The van der Waals surface area contributed by atoms with Crippen molar-refractivity contribution in [2.45, 2.75) is 15.8 Å². The van der Waals surface area contributed by atoms with Crippen LogP contribution in [0.5, 0.6) is 0 Å². The smallest absolute Gasteiger partial charge is 0.407 e.